The average Bonchev–Trinajstić information content (AvgIpc) is 2.67. The van der Waals surface area contributed by atoms with Gasteiger partial charge in [-0.3, -0.25) is 10.1 Å². The number of hydrogen-bond acceptors (Lipinski definition) is 4. The molecule has 7 heteroatoms. The Labute approximate surface area is 192 Å². The van der Waals surface area contributed by atoms with E-state index in [-0.39, 0.29) is 11.0 Å². The molecule has 5 nitrogen and oxygen atoms in total. The topological polar surface area (TPSA) is 59.6 Å². The number of hydrogen-bond donors (Lipinski definition) is 2. The van der Waals surface area contributed by atoms with Gasteiger partial charge in [-0.2, -0.15) is 0 Å². The van der Waals surface area contributed by atoms with Gasteiger partial charge in [0.05, 0.1) is 17.7 Å². The summed E-state index contributed by atoms with van der Waals surface area (Å²) in [6.45, 7) is 9.79. The van der Waals surface area contributed by atoms with Crippen LogP contribution in [0, 0.1) is 11.8 Å². The lowest BCUT2D eigenvalue weighted by Crippen LogP contribution is -2.34. The summed E-state index contributed by atoms with van der Waals surface area (Å²) >= 11 is 8.71. The Balaban J connectivity index is 1.87. The first-order valence-corrected chi connectivity index (χ1v) is 11.2. The van der Waals surface area contributed by atoms with Gasteiger partial charge in [0.1, 0.15) is 11.5 Å². The van der Waals surface area contributed by atoms with Crippen molar-refractivity contribution in [3.63, 3.8) is 0 Å². The van der Waals surface area contributed by atoms with Crippen LogP contribution in [0.1, 0.15) is 44.5 Å². The molecule has 0 atom stereocenters. The lowest BCUT2D eigenvalue weighted by molar-refractivity contribution is 0.0977. The van der Waals surface area contributed by atoms with E-state index in [1.807, 2.05) is 24.3 Å². The fourth-order valence-corrected chi connectivity index (χ4v) is 3.10. The molecule has 2 aromatic carbocycles. The fraction of sp³-hybridized carbons (Fsp3) is 0.391. The highest BCUT2D eigenvalue weighted by Gasteiger charge is 2.11. The first-order chi connectivity index (χ1) is 14.2. The zero-order chi connectivity index (χ0) is 22.1. The second kappa shape index (κ2) is 11.9. The molecule has 0 unspecified atom stereocenters. The SMILES string of the molecule is CC(C)CCOc1ccc(NC(=S)NC(=O)c2ccc(OCC(C)C)c(Br)c2)cc1. The quantitative estimate of drug-likeness (QED) is 0.418. The zero-order valence-corrected chi connectivity index (χ0v) is 20.2. The minimum Gasteiger partial charge on any atom is -0.494 e. The molecule has 1 amide bonds. The predicted octanol–water partition coefficient (Wildman–Crippen LogP) is 6.04. The van der Waals surface area contributed by atoms with E-state index in [4.69, 9.17) is 21.7 Å². The Morgan fingerprint density at radius 1 is 1.03 bits per heavy atom. The summed E-state index contributed by atoms with van der Waals surface area (Å²) in [6.07, 6.45) is 1.01. The summed E-state index contributed by atoms with van der Waals surface area (Å²) < 4.78 is 12.1. The standard InChI is InChI=1S/C23H29BrN2O3S/c1-15(2)11-12-28-19-8-6-18(7-9-19)25-23(30)26-22(27)17-5-10-21(20(24)13-17)29-14-16(3)4/h5-10,13,15-16H,11-12,14H2,1-4H3,(H2,25,26,27,30). The molecule has 0 saturated heterocycles. The molecular formula is C23H29BrN2O3S. The van der Waals surface area contributed by atoms with Crippen LogP contribution in [-0.2, 0) is 0 Å². The highest BCUT2D eigenvalue weighted by Crippen LogP contribution is 2.26. The third-order valence-corrected chi connectivity index (χ3v) is 4.89. The number of carbonyl (C=O) groups is 1. The molecular weight excluding hydrogens is 464 g/mol. The van der Waals surface area contributed by atoms with Crippen molar-refractivity contribution < 1.29 is 14.3 Å². The number of amides is 1. The molecule has 0 heterocycles. The van der Waals surface area contributed by atoms with Gasteiger partial charge in [0.15, 0.2) is 5.11 Å². The van der Waals surface area contributed by atoms with Crippen LogP contribution in [0.4, 0.5) is 5.69 Å². The van der Waals surface area contributed by atoms with Gasteiger partial charge in [0, 0.05) is 11.3 Å². The van der Waals surface area contributed by atoms with Crippen molar-refractivity contribution in [3.05, 3.63) is 52.5 Å². The maximum absolute atomic E-state index is 12.5. The third-order valence-electron chi connectivity index (χ3n) is 4.07. The molecule has 0 aliphatic carbocycles. The van der Waals surface area contributed by atoms with Gasteiger partial charge >= 0.3 is 0 Å². The van der Waals surface area contributed by atoms with E-state index < -0.39 is 0 Å². The second-order valence-electron chi connectivity index (χ2n) is 7.81. The molecule has 0 aliphatic rings. The van der Waals surface area contributed by atoms with Gasteiger partial charge in [-0.25, -0.2) is 0 Å². The molecule has 0 radical (unpaired) electrons. The normalized spacial score (nSPS) is 10.8. The van der Waals surface area contributed by atoms with Crippen molar-refractivity contribution in [2.24, 2.45) is 11.8 Å². The fourth-order valence-electron chi connectivity index (χ4n) is 2.40. The lowest BCUT2D eigenvalue weighted by atomic mass is 10.1. The molecule has 2 N–H and O–H groups in total. The Hall–Kier alpha value is -2.12. The van der Waals surface area contributed by atoms with E-state index in [1.54, 1.807) is 18.2 Å². The number of benzene rings is 2. The van der Waals surface area contributed by atoms with Crippen LogP contribution >= 0.6 is 28.1 Å². The summed E-state index contributed by atoms with van der Waals surface area (Å²) in [5.74, 6) is 2.25. The van der Waals surface area contributed by atoms with Gasteiger partial charge < -0.3 is 14.8 Å². The maximum atomic E-state index is 12.5. The van der Waals surface area contributed by atoms with E-state index in [0.717, 1.165) is 22.3 Å². The predicted molar refractivity (Wildman–Crippen MR) is 130 cm³/mol. The summed E-state index contributed by atoms with van der Waals surface area (Å²) in [7, 11) is 0. The first kappa shape index (κ1) is 24.2. The van der Waals surface area contributed by atoms with Crippen LogP contribution in [0.15, 0.2) is 46.9 Å². The molecule has 0 aromatic heterocycles. The Bertz CT molecular complexity index is 854. The van der Waals surface area contributed by atoms with Gasteiger partial charge in [-0.1, -0.05) is 27.7 Å². The van der Waals surface area contributed by atoms with Crippen molar-refractivity contribution in [1.29, 1.82) is 0 Å². The van der Waals surface area contributed by atoms with Crippen LogP contribution in [0.25, 0.3) is 0 Å². The van der Waals surface area contributed by atoms with E-state index in [2.05, 4.69) is 54.3 Å². The molecule has 0 spiro atoms. The molecule has 30 heavy (non-hydrogen) atoms. The molecule has 2 rings (SSSR count). The molecule has 162 valence electrons. The average molecular weight is 493 g/mol. The van der Waals surface area contributed by atoms with Gasteiger partial charge in [-0.05, 0) is 88.9 Å². The van der Waals surface area contributed by atoms with E-state index in [0.29, 0.717) is 36.4 Å². The van der Waals surface area contributed by atoms with Crippen LogP contribution in [0.3, 0.4) is 0 Å². The molecule has 2 aromatic rings. The number of thiocarbonyl (C=S) groups is 1. The summed E-state index contributed by atoms with van der Waals surface area (Å²) in [4.78, 5) is 12.5. The first-order valence-electron chi connectivity index (χ1n) is 10.0. The zero-order valence-electron chi connectivity index (χ0n) is 17.8. The molecule has 0 aliphatic heterocycles. The van der Waals surface area contributed by atoms with Crippen LogP contribution in [-0.4, -0.2) is 24.2 Å². The summed E-state index contributed by atoms with van der Waals surface area (Å²) in [6, 6.07) is 12.7. The minimum absolute atomic E-state index is 0.227. The van der Waals surface area contributed by atoms with E-state index in [9.17, 15) is 4.79 Å². The van der Waals surface area contributed by atoms with Crippen molar-refractivity contribution in [2.45, 2.75) is 34.1 Å². The number of halogens is 1. The lowest BCUT2D eigenvalue weighted by Gasteiger charge is -2.13. The van der Waals surface area contributed by atoms with Crippen LogP contribution in [0.2, 0.25) is 0 Å². The monoisotopic (exact) mass is 492 g/mol. The Kier molecular flexibility index (Phi) is 9.59. The summed E-state index contributed by atoms with van der Waals surface area (Å²) in [5.41, 5.74) is 1.26. The minimum atomic E-state index is -0.294. The maximum Gasteiger partial charge on any atom is 0.257 e. The highest BCUT2D eigenvalue weighted by atomic mass is 79.9. The number of ether oxygens (including phenoxy) is 2. The Morgan fingerprint density at radius 3 is 2.33 bits per heavy atom. The number of carbonyl (C=O) groups excluding carboxylic acids is 1. The molecule has 0 saturated carbocycles. The van der Waals surface area contributed by atoms with E-state index in [1.165, 1.54) is 0 Å². The van der Waals surface area contributed by atoms with E-state index >= 15 is 0 Å². The molecule has 0 fully saturated rings. The van der Waals surface area contributed by atoms with Gasteiger partial charge in [0.2, 0.25) is 0 Å². The molecule has 0 bridgehead atoms. The van der Waals surface area contributed by atoms with Crippen molar-refractivity contribution in [3.8, 4) is 11.5 Å². The summed E-state index contributed by atoms with van der Waals surface area (Å²) in [5, 5.41) is 5.93. The number of rotatable bonds is 9. The Morgan fingerprint density at radius 2 is 1.73 bits per heavy atom. The van der Waals surface area contributed by atoms with Crippen molar-refractivity contribution in [2.75, 3.05) is 18.5 Å². The van der Waals surface area contributed by atoms with Gasteiger partial charge in [-0.15, -0.1) is 0 Å². The van der Waals surface area contributed by atoms with Gasteiger partial charge in [0.25, 0.3) is 5.91 Å². The highest BCUT2D eigenvalue weighted by molar-refractivity contribution is 9.10. The van der Waals surface area contributed by atoms with Crippen LogP contribution < -0.4 is 20.1 Å². The second-order valence-corrected chi connectivity index (χ2v) is 9.08. The largest absolute Gasteiger partial charge is 0.494 e. The van der Waals surface area contributed by atoms with Crippen molar-refractivity contribution >= 4 is 44.9 Å². The number of anilines is 1. The van der Waals surface area contributed by atoms with Crippen molar-refractivity contribution in [1.82, 2.24) is 5.32 Å². The third kappa shape index (κ3) is 8.32. The van der Waals surface area contributed by atoms with Crippen LogP contribution in [0.5, 0.6) is 11.5 Å². The smallest absolute Gasteiger partial charge is 0.257 e. The number of nitrogens with one attached hydrogen (secondary N) is 2.